The number of carbonyl (C=O) groups is 1. The number of aromatic nitrogens is 1. The van der Waals surface area contributed by atoms with Crippen LogP contribution in [0.4, 0.5) is 24.7 Å². The van der Waals surface area contributed by atoms with Gasteiger partial charge in [0, 0.05) is 11.9 Å². The molecule has 2 aromatic rings. The maximum atomic E-state index is 12.8. The van der Waals surface area contributed by atoms with Crippen LogP contribution >= 0.6 is 0 Å². The number of benzene rings is 1. The summed E-state index contributed by atoms with van der Waals surface area (Å²) in [6.45, 7) is 1.60. The number of hydrogen-bond acceptors (Lipinski definition) is 4. The van der Waals surface area contributed by atoms with Crippen molar-refractivity contribution in [2.45, 2.75) is 25.6 Å². The van der Waals surface area contributed by atoms with Crippen LogP contribution in [0.5, 0.6) is 0 Å². The van der Waals surface area contributed by atoms with Gasteiger partial charge in [-0.1, -0.05) is 13.0 Å². The number of nitrogens with one attached hydrogen (secondary N) is 2. The summed E-state index contributed by atoms with van der Waals surface area (Å²) in [4.78, 5) is 16.4. The Morgan fingerprint density at radius 3 is 2.68 bits per heavy atom. The summed E-state index contributed by atoms with van der Waals surface area (Å²) in [5.74, 6) is -0.337. The molecule has 3 N–H and O–H groups in total. The van der Waals surface area contributed by atoms with Crippen molar-refractivity contribution >= 4 is 17.4 Å². The van der Waals surface area contributed by atoms with Gasteiger partial charge in [-0.25, -0.2) is 4.98 Å². The van der Waals surface area contributed by atoms with E-state index in [1.165, 1.54) is 24.4 Å². The van der Waals surface area contributed by atoms with E-state index in [1.807, 2.05) is 6.92 Å². The zero-order valence-electron chi connectivity index (χ0n) is 13.5. The molecule has 0 aliphatic heterocycles. The van der Waals surface area contributed by atoms with Crippen molar-refractivity contribution in [3.05, 3.63) is 53.7 Å². The topological polar surface area (TPSA) is 74.2 Å². The first kappa shape index (κ1) is 18.7. The Labute approximate surface area is 142 Å². The predicted octanol–water partition coefficient (Wildman–Crippen LogP) is 3.34. The Morgan fingerprint density at radius 2 is 2.04 bits per heavy atom. The zero-order valence-corrected chi connectivity index (χ0v) is 13.5. The number of pyridine rings is 1. The highest BCUT2D eigenvalue weighted by atomic mass is 19.4. The van der Waals surface area contributed by atoms with Crippen molar-refractivity contribution in [2.24, 2.45) is 0 Å². The van der Waals surface area contributed by atoms with Gasteiger partial charge in [-0.2, -0.15) is 13.2 Å². The fourth-order valence-electron chi connectivity index (χ4n) is 2.14. The molecule has 1 aromatic carbocycles. The number of amides is 1. The van der Waals surface area contributed by atoms with Crippen molar-refractivity contribution in [3.8, 4) is 0 Å². The Bertz CT molecular complexity index is 731. The maximum Gasteiger partial charge on any atom is 0.416 e. The van der Waals surface area contributed by atoms with E-state index < -0.39 is 23.7 Å². The smallest absolute Gasteiger partial charge is 0.394 e. The second kappa shape index (κ2) is 7.98. The molecule has 1 heterocycles. The molecule has 1 aromatic heterocycles. The number of nitrogens with zero attached hydrogens (tertiary/aromatic N) is 1. The first-order valence-electron chi connectivity index (χ1n) is 7.66. The third-order valence-corrected chi connectivity index (χ3v) is 3.55. The van der Waals surface area contributed by atoms with Gasteiger partial charge in [-0.05, 0) is 36.8 Å². The molecule has 25 heavy (non-hydrogen) atoms. The van der Waals surface area contributed by atoms with E-state index in [0.29, 0.717) is 6.42 Å². The van der Waals surface area contributed by atoms with Crippen LogP contribution in [0.25, 0.3) is 0 Å². The Balaban J connectivity index is 2.25. The van der Waals surface area contributed by atoms with Crippen LogP contribution in [0.1, 0.15) is 29.3 Å². The van der Waals surface area contributed by atoms with Crippen LogP contribution in [0.2, 0.25) is 0 Å². The van der Waals surface area contributed by atoms with E-state index in [1.54, 1.807) is 6.07 Å². The normalized spacial score (nSPS) is 12.5. The SMILES string of the molecule is CCC(CO)NC(=O)c1cccnc1Nc1cccc(C(F)(F)F)c1. The van der Waals surface area contributed by atoms with E-state index >= 15 is 0 Å². The summed E-state index contributed by atoms with van der Waals surface area (Å²) < 4.78 is 38.4. The van der Waals surface area contributed by atoms with E-state index in [9.17, 15) is 23.1 Å². The molecular weight excluding hydrogens is 335 g/mol. The summed E-state index contributed by atoms with van der Waals surface area (Å²) in [5, 5.41) is 14.6. The third kappa shape index (κ3) is 4.93. The van der Waals surface area contributed by atoms with Gasteiger partial charge in [-0.15, -0.1) is 0 Å². The van der Waals surface area contributed by atoms with Crippen LogP contribution in [0.15, 0.2) is 42.6 Å². The molecule has 1 unspecified atom stereocenters. The highest BCUT2D eigenvalue weighted by Crippen LogP contribution is 2.31. The molecule has 0 radical (unpaired) electrons. The third-order valence-electron chi connectivity index (χ3n) is 3.55. The van der Waals surface area contributed by atoms with Crippen molar-refractivity contribution in [1.82, 2.24) is 10.3 Å². The van der Waals surface area contributed by atoms with Crippen LogP contribution in [0, 0.1) is 0 Å². The number of alkyl halides is 3. The lowest BCUT2D eigenvalue weighted by molar-refractivity contribution is -0.137. The van der Waals surface area contributed by atoms with Crippen LogP contribution in [0.3, 0.4) is 0 Å². The average molecular weight is 353 g/mol. The molecule has 2 rings (SSSR count). The van der Waals surface area contributed by atoms with Gasteiger partial charge in [-0.3, -0.25) is 4.79 Å². The summed E-state index contributed by atoms with van der Waals surface area (Å²) in [5.41, 5.74) is -0.464. The largest absolute Gasteiger partial charge is 0.416 e. The molecule has 134 valence electrons. The average Bonchev–Trinajstić information content (AvgIpc) is 2.59. The summed E-state index contributed by atoms with van der Waals surface area (Å²) in [6.07, 6.45) is -2.49. The lowest BCUT2D eigenvalue weighted by atomic mass is 10.1. The molecule has 0 saturated heterocycles. The Morgan fingerprint density at radius 1 is 1.28 bits per heavy atom. The van der Waals surface area contributed by atoms with Gasteiger partial charge in [0.1, 0.15) is 5.82 Å². The minimum absolute atomic E-state index is 0.132. The van der Waals surface area contributed by atoms with Gasteiger partial charge in [0.25, 0.3) is 5.91 Å². The second-order valence-corrected chi connectivity index (χ2v) is 5.36. The first-order chi connectivity index (χ1) is 11.8. The Hall–Kier alpha value is -2.61. The fourth-order valence-corrected chi connectivity index (χ4v) is 2.14. The number of halogens is 3. The van der Waals surface area contributed by atoms with E-state index in [2.05, 4.69) is 15.6 Å². The number of anilines is 2. The zero-order chi connectivity index (χ0) is 18.4. The van der Waals surface area contributed by atoms with Crippen LogP contribution in [-0.4, -0.2) is 28.6 Å². The highest BCUT2D eigenvalue weighted by Gasteiger charge is 2.30. The number of hydrogen-bond donors (Lipinski definition) is 3. The van der Waals surface area contributed by atoms with E-state index in [4.69, 9.17) is 0 Å². The van der Waals surface area contributed by atoms with Gasteiger partial charge in [0.05, 0.1) is 23.8 Å². The predicted molar refractivity (Wildman–Crippen MR) is 87.6 cm³/mol. The number of aliphatic hydroxyl groups is 1. The molecule has 0 spiro atoms. The monoisotopic (exact) mass is 353 g/mol. The van der Waals surface area contributed by atoms with Crippen molar-refractivity contribution in [2.75, 3.05) is 11.9 Å². The molecule has 5 nitrogen and oxygen atoms in total. The molecule has 0 bridgehead atoms. The molecule has 0 fully saturated rings. The van der Waals surface area contributed by atoms with E-state index in [0.717, 1.165) is 12.1 Å². The van der Waals surface area contributed by atoms with Crippen molar-refractivity contribution in [1.29, 1.82) is 0 Å². The maximum absolute atomic E-state index is 12.8. The van der Waals surface area contributed by atoms with E-state index in [-0.39, 0.29) is 23.7 Å². The van der Waals surface area contributed by atoms with Crippen LogP contribution in [-0.2, 0) is 6.18 Å². The van der Waals surface area contributed by atoms with Crippen LogP contribution < -0.4 is 10.6 Å². The lowest BCUT2D eigenvalue weighted by Gasteiger charge is -2.16. The standard InChI is InChI=1S/C17H18F3N3O2/c1-2-12(10-24)23-16(25)14-7-4-8-21-15(14)22-13-6-3-5-11(9-13)17(18,19)20/h3-9,12,24H,2,10H2,1H3,(H,21,22)(H,23,25). The molecule has 1 amide bonds. The minimum Gasteiger partial charge on any atom is -0.394 e. The van der Waals surface area contributed by atoms with Crippen molar-refractivity contribution in [3.63, 3.8) is 0 Å². The molecular formula is C17H18F3N3O2. The first-order valence-corrected chi connectivity index (χ1v) is 7.66. The molecule has 8 heteroatoms. The summed E-state index contributed by atoms with van der Waals surface area (Å²) in [6, 6.07) is 7.27. The highest BCUT2D eigenvalue weighted by molar-refractivity contribution is 5.99. The molecule has 0 aliphatic rings. The second-order valence-electron chi connectivity index (χ2n) is 5.36. The van der Waals surface area contributed by atoms with Gasteiger partial charge < -0.3 is 15.7 Å². The van der Waals surface area contributed by atoms with Gasteiger partial charge in [0.2, 0.25) is 0 Å². The quantitative estimate of drug-likeness (QED) is 0.745. The summed E-state index contributed by atoms with van der Waals surface area (Å²) >= 11 is 0. The fraction of sp³-hybridized carbons (Fsp3) is 0.294. The van der Waals surface area contributed by atoms with Gasteiger partial charge >= 0.3 is 6.18 Å². The number of rotatable bonds is 6. The Kier molecular flexibility index (Phi) is 5.97. The molecule has 1 atom stereocenters. The number of aliphatic hydroxyl groups excluding tert-OH is 1. The molecule has 0 aliphatic carbocycles. The minimum atomic E-state index is -4.46. The lowest BCUT2D eigenvalue weighted by Crippen LogP contribution is -2.37. The summed E-state index contributed by atoms with van der Waals surface area (Å²) in [7, 11) is 0. The molecule has 0 saturated carbocycles. The van der Waals surface area contributed by atoms with Crippen molar-refractivity contribution < 1.29 is 23.1 Å². The van der Waals surface area contributed by atoms with Gasteiger partial charge in [0.15, 0.2) is 0 Å². The number of carbonyl (C=O) groups excluding carboxylic acids is 1.